The summed E-state index contributed by atoms with van der Waals surface area (Å²) in [5, 5.41) is 20.1. The van der Waals surface area contributed by atoms with E-state index in [9.17, 15) is 14.7 Å². The molecule has 6 rings (SSSR count). The van der Waals surface area contributed by atoms with Crippen molar-refractivity contribution in [1.82, 2.24) is 19.9 Å². The predicted octanol–water partition coefficient (Wildman–Crippen LogP) is 1.77. The number of carbonyl (C=O) groups is 2. The standard InChI is InChI=1S/C25H28N6O4/c1-24(15-32)11-16-9-18(29-23(34)17-13-28-31-6-2-5-26-22(17)31)19(10-20(16)35-24)30-7-3-25(4-8-30)12-21(33)27-14-25/h2,5-6,9-10,13,32H,3-4,7-8,11-12,14-15H2,1H3,(H,27,33)(H,29,34)/t24-/m0/s1. The molecule has 10 nitrogen and oxygen atoms in total. The van der Waals surface area contributed by atoms with Crippen molar-refractivity contribution in [2.75, 3.05) is 36.5 Å². The van der Waals surface area contributed by atoms with Crippen LogP contribution < -0.4 is 20.3 Å². The third-order valence-electron chi connectivity index (χ3n) is 7.57. The summed E-state index contributed by atoms with van der Waals surface area (Å²) in [7, 11) is 0. The Morgan fingerprint density at radius 1 is 1.29 bits per heavy atom. The molecule has 3 aliphatic heterocycles. The number of rotatable bonds is 4. The van der Waals surface area contributed by atoms with Gasteiger partial charge in [0.15, 0.2) is 5.65 Å². The molecule has 3 N–H and O–H groups in total. The Morgan fingerprint density at radius 2 is 2.11 bits per heavy atom. The number of nitrogens with one attached hydrogen (secondary N) is 2. The van der Waals surface area contributed by atoms with Crippen LogP contribution in [0.25, 0.3) is 5.65 Å². The lowest BCUT2D eigenvalue weighted by Gasteiger charge is -2.40. The average molecular weight is 477 g/mol. The topological polar surface area (TPSA) is 121 Å². The Kier molecular flexibility index (Phi) is 4.96. The molecule has 1 atom stereocenters. The molecule has 2 aromatic heterocycles. The molecule has 2 saturated heterocycles. The van der Waals surface area contributed by atoms with Crippen LogP contribution in [0.15, 0.2) is 36.8 Å². The Balaban J connectivity index is 1.32. The van der Waals surface area contributed by atoms with Gasteiger partial charge in [-0.2, -0.15) is 5.10 Å². The molecule has 1 aromatic carbocycles. The van der Waals surface area contributed by atoms with Gasteiger partial charge in [0.2, 0.25) is 5.91 Å². The van der Waals surface area contributed by atoms with E-state index in [4.69, 9.17) is 4.74 Å². The van der Waals surface area contributed by atoms with Gasteiger partial charge >= 0.3 is 0 Å². The zero-order valence-corrected chi connectivity index (χ0v) is 19.6. The summed E-state index contributed by atoms with van der Waals surface area (Å²) in [6.45, 7) is 4.05. The minimum atomic E-state index is -0.684. The summed E-state index contributed by atoms with van der Waals surface area (Å²) >= 11 is 0. The van der Waals surface area contributed by atoms with Crippen molar-refractivity contribution in [3.63, 3.8) is 0 Å². The van der Waals surface area contributed by atoms with Crippen molar-refractivity contribution < 1.29 is 19.4 Å². The molecule has 0 radical (unpaired) electrons. The third-order valence-corrected chi connectivity index (χ3v) is 7.57. The van der Waals surface area contributed by atoms with E-state index in [1.807, 2.05) is 19.1 Å². The van der Waals surface area contributed by atoms with Gasteiger partial charge in [-0.1, -0.05) is 0 Å². The number of aromatic nitrogens is 3. The molecule has 0 unspecified atom stereocenters. The molecule has 182 valence electrons. The number of hydrogen-bond donors (Lipinski definition) is 3. The van der Waals surface area contributed by atoms with Crippen LogP contribution in [0.5, 0.6) is 5.75 Å². The first-order valence-electron chi connectivity index (χ1n) is 12.0. The Labute approximate surface area is 202 Å². The lowest BCUT2D eigenvalue weighted by atomic mass is 9.77. The molecule has 2 fully saturated rings. The highest BCUT2D eigenvalue weighted by Gasteiger charge is 2.42. The fourth-order valence-electron chi connectivity index (χ4n) is 5.51. The second kappa shape index (κ2) is 7.94. The maximum absolute atomic E-state index is 13.3. The first-order valence-corrected chi connectivity index (χ1v) is 12.0. The Morgan fingerprint density at radius 3 is 2.86 bits per heavy atom. The van der Waals surface area contributed by atoms with E-state index in [1.54, 1.807) is 23.0 Å². The summed E-state index contributed by atoms with van der Waals surface area (Å²) in [6, 6.07) is 5.68. The Bertz CT molecular complexity index is 1330. The molecular weight excluding hydrogens is 448 g/mol. The van der Waals surface area contributed by atoms with E-state index in [2.05, 4.69) is 25.6 Å². The highest BCUT2D eigenvalue weighted by atomic mass is 16.5. The molecule has 35 heavy (non-hydrogen) atoms. The summed E-state index contributed by atoms with van der Waals surface area (Å²) < 4.78 is 7.67. The maximum atomic E-state index is 13.3. The number of fused-ring (bicyclic) bond motifs is 2. The number of aliphatic hydroxyl groups is 1. The number of amides is 2. The van der Waals surface area contributed by atoms with Gasteiger partial charge in [0.25, 0.3) is 5.91 Å². The molecular formula is C25H28N6O4. The molecule has 10 heteroatoms. The minimum Gasteiger partial charge on any atom is -0.484 e. The number of hydrogen-bond acceptors (Lipinski definition) is 7. The van der Waals surface area contributed by atoms with Crippen LogP contribution in [0, 0.1) is 5.41 Å². The van der Waals surface area contributed by atoms with Gasteiger partial charge in [0.05, 0.1) is 24.2 Å². The normalized spacial score (nSPS) is 22.8. The minimum absolute atomic E-state index is 0.0163. The monoisotopic (exact) mass is 476 g/mol. The van der Waals surface area contributed by atoms with Crippen molar-refractivity contribution in [3.8, 4) is 5.75 Å². The average Bonchev–Trinajstić information content (AvgIpc) is 3.54. The predicted molar refractivity (Wildman–Crippen MR) is 129 cm³/mol. The zero-order valence-electron chi connectivity index (χ0n) is 19.6. The van der Waals surface area contributed by atoms with Crippen LogP contribution in [0.2, 0.25) is 0 Å². The SMILES string of the molecule is C[C@@]1(CO)Cc2cc(NC(=O)c3cnn4cccnc34)c(N3CCC4(CC3)CNC(=O)C4)cc2O1. The smallest absolute Gasteiger partial charge is 0.261 e. The number of anilines is 2. The van der Waals surface area contributed by atoms with Gasteiger partial charge in [-0.25, -0.2) is 9.50 Å². The van der Waals surface area contributed by atoms with E-state index in [0.717, 1.165) is 49.5 Å². The largest absolute Gasteiger partial charge is 0.484 e. The second-order valence-electron chi connectivity index (χ2n) is 10.2. The number of ether oxygens (including phenoxy) is 1. The van der Waals surface area contributed by atoms with Crippen LogP contribution in [0.3, 0.4) is 0 Å². The highest BCUT2D eigenvalue weighted by Crippen LogP contribution is 2.45. The fraction of sp³-hybridized carbons (Fsp3) is 0.440. The number of carbonyl (C=O) groups excluding carboxylic acids is 2. The van der Waals surface area contributed by atoms with Gasteiger partial charge in [0, 0.05) is 56.5 Å². The number of piperidine rings is 1. The third kappa shape index (κ3) is 3.78. The van der Waals surface area contributed by atoms with Crippen LogP contribution in [0.4, 0.5) is 11.4 Å². The number of benzene rings is 1. The van der Waals surface area contributed by atoms with Crippen LogP contribution >= 0.6 is 0 Å². The van der Waals surface area contributed by atoms with E-state index in [1.165, 1.54) is 6.20 Å². The number of aliphatic hydroxyl groups excluding tert-OH is 1. The van der Waals surface area contributed by atoms with E-state index < -0.39 is 5.60 Å². The fourth-order valence-corrected chi connectivity index (χ4v) is 5.51. The van der Waals surface area contributed by atoms with Crippen LogP contribution in [-0.4, -0.2) is 63.4 Å². The summed E-state index contributed by atoms with van der Waals surface area (Å²) in [5.74, 6) is 0.565. The molecule has 1 spiro atoms. The van der Waals surface area contributed by atoms with Gasteiger partial charge in [-0.15, -0.1) is 0 Å². The van der Waals surface area contributed by atoms with Crippen molar-refractivity contribution in [2.45, 2.75) is 38.2 Å². The van der Waals surface area contributed by atoms with Gasteiger partial charge < -0.3 is 25.4 Å². The highest BCUT2D eigenvalue weighted by molar-refractivity contribution is 6.09. The van der Waals surface area contributed by atoms with E-state index >= 15 is 0 Å². The second-order valence-corrected chi connectivity index (χ2v) is 10.2. The van der Waals surface area contributed by atoms with Crippen molar-refractivity contribution in [1.29, 1.82) is 0 Å². The van der Waals surface area contributed by atoms with Gasteiger partial charge in [-0.3, -0.25) is 9.59 Å². The summed E-state index contributed by atoms with van der Waals surface area (Å²) in [4.78, 5) is 31.7. The van der Waals surface area contributed by atoms with Crippen molar-refractivity contribution in [2.24, 2.45) is 5.41 Å². The quantitative estimate of drug-likeness (QED) is 0.525. The molecule has 3 aliphatic rings. The number of nitrogens with zero attached hydrogens (tertiary/aromatic N) is 4. The molecule has 0 saturated carbocycles. The summed E-state index contributed by atoms with van der Waals surface area (Å²) in [6.07, 6.45) is 7.82. The lowest BCUT2D eigenvalue weighted by Crippen LogP contribution is -2.41. The lowest BCUT2D eigenvalue weighted by molar-refractivity contribution is -0.119. The van der Waals surface area contributed by atoms with E-state index in [0.29, 0.717) is 29.7 Å². The molecule has 3 aromatic rings. The molecule has 5 heterocycles. The first kappa shape index (κ1) is 21.8. The van der Waals surface area contributed by atoms with Crippen LogP contribution in [-0.2, 0) is 11.2 Å². The maximum Gasteiger partial charge on any atom is 0.261 e. The van der Waals surface area contributed by atoms with Gasteiger partial charge in [-0.05, 0) is 37.3 Å². The Hall–Kier alpha value is -3.66. The van der Waals surface area contributed by atoms with Crippen molar-refractivity contribution >= 4 is 28.8 Å². The summed E-state index contributed by atoms with van der Waals surface area (Å²) in [5.41, 5.74) is 2.71. The van der Waals surface area contributed by atoms with Gasteiger partial charge in [0.1, 0.15) is 16.9 Å². The molecule has 2 amide bonds. The zero-order chi connectivity index (χ0) is 24.2. The molecule has 0 bridgehead atoms. The molecule has 0 aliphatic carbocycles. The van der Waals surface area contributed by atoms with Crippen LogP contribution in [0.1, 0.15) is 42.1 Å². The van der Waals surface area contributed by atoms with Crippen molar-refractivity contribution in [3.05, 3.63) is 47.9 Å². The first-order chi connectivity index (χ1) is 16.9. The van der Waals surface area contributed by atoms with E-state index in [-0.39, 0.29) is 23.8 Å².